The van der Waals surface area contributed by atoms with Crippen molar-refractivity contribution in [2.75, 3.05) is 5.32 Å². The molecule has 1 atom stereocenters. The number of para-hydroxylation sites is 1. The number of hydrogen-bond donors (Lipinski definition) is 1. The lowest BCUT2D eigenvalue weighted by atomic mass is 10.1. The molecule has 0 aliphatic rings. The van der Waals surface area contributed by atoms with E-state index in [1.165, 1.54) is 25.1 Å². The number of halogens is 3. The normalized spacial score (nSPS) is 12.6. The molecule has 0 bridgehead atoms. The predicted octanol–water partition coefficient (Wildman–Crippen LogP) is 4.60. The molecule has 0 saturated carbocycles. The van der Waals surface area contributed by atoms with Gasteiger partial charge in [-0.05, 0) is 37.6 Å². The molecule has 0 unspecified atom stereocenters. The second kappa shape index (κ2) is 8.53. The highest BCUT2D eigenvalue weighted by Crippen LogP contribution is 2.34. The minimum atomic E-state index is -4.61. The molecule has 0 heterocycles. The van der Waals surface area contributed by atoms with Crippen molar-refractivity contribution >= 4 is 23.6 Å². The van der Waals surface area contributed by atoms with Gasteiger partial charge in [-0.3, -0.25) is 4.79 Å². The van der Waals surface area contributed by atoms with E-state index >= 15 is 0 Å². The molecule has 0 fully saturated rings. The molecule has 2 rings (SSSR count). The summed E-state index contributed by atoms with van der Waals surface area (Å²) in [6, 6.07) is 11.9. The lowest BCUT2D eigenvalue weighted by Crippen LogP contribution is -2.30. The Morgan fingerprint density at radius 1 is 1.07 bits per heavy atom. The number of aryl methyl sites for hydroxylation is 1. The number of anilines is 1. The van der Waals surface area contributed by atoms with E-state index in [0.717, 1.165) is 29.3 Å². The predicted molar refractivity (Wildman–Crippen MR) is 95.8 cm³/mol. The van der Waals surface area contributed by atoms with Gasteiger partial charge in [0.1, 0.15) is 0 Å². The van der Waals surface area contributed by atoms with Crippen molar-refractivity contribution < 1.29 is 27.5 Å². The first-order chi connectivity index (χ1) is 12.7. The maximum atomic E-state index is 13.0. The van der Waals surface area contributed by atoms with Crippen molar-refractivity contribution in [1.29, 1.82) is 0 Å². The van der Waals surface area contributed by atoms with E-state index in [4.69, 9.17) is 4.74 Å². The fraction of sp³-hybridized carbons (Fsp3) is 0.200. The first kappa shape index (κ1) is 20.2. The SMILES string of the molecule is Cc1ccc(/C=C/C(=O)O[C@@H](C)C(=O)Nc2ccccc2C(F)(F)F)cc1. The van der Waals surface area contributed by atoms with Crippen LogP contribution in [-0.2, 0) is 20.5 Å². The number of hydrogen-bond acceptors (Lipinski definition) is 3. The minimum absolute atomic E-state index is 0.395. The van der Waals surface area contributed by atoms with E-state index in [0.29, 0.717) is 0 Å². The number of esters is 1. The molecule has 0 aromatic heterocycles. The standard InChI is InChI=1S/C20H18F3NO3/c1-13-7-9-15(10-8-13)11-12-18(25)27-14(2)19(26)24-17-6-4-3-5-16(17)20(21,22)23/h3-12,14H,1-2H3,(H,24,26)/b12-11+/t14-/m0/s1. The van der Waals surface area contributed by atoms with E-state index in [-0.39, 0.29) is 0 Å². The number of benzene rings is 2. The summed E-state index contributed by atoms with van der Waals surface area (Å²) in [6.45, 7) is 3.21. The Kier molecular flexibility index (Phi) is 6.39. The monoisotopic (exact) mass is 377 g/mol. The molecule has 2 aromatic carbocycles. The van der Waals surface area contributed by atoms with Crippen LogP contribution in [0.2, 0.25) is 0 Å². The van der Waals surface area contributed by atoms with Crippen LogP contribution in [0.1, 0.15) is 23.6 Å². The third-order valence-electron chi connectivity index (χ3n) is 3.64. The molecular weight excluding hydrogens is 359 g/mol. The van der Waals surface area contributed by atoms with Crippen molar-refractivity contribution in [2.45, 2.75) is 26.1 Å². The van der Waals surface area contributed by atoms with Gasteiger partial charge >= 0.3 is 12.1 Å². The van der Waals surface area contributed by atoms with Crippen LogP contribution in [-0.4, -0.2) is 18.0 Å². The summed E-state index contributed by atoms with van der Waals surface area (Å²) in [5.74, 6) is -1.63. The van der Waals surface area contributed by atoms with E-state index in [2.05, 4.69) is 5.32 Å². The quantitative estimate of drug-likeness (QED) is 0.612. The maximum Gasteiger partial charge on any atom is 0.418 e. The van der Waals surface area contributed by atoms with Gasteiger partial charge in [0.2, 0.25) is 0 Å². The molecule has 1 amide bonds. The number of ether oxygens (including phenoxy) is 1. The van der Waals surface area contributed by atoms with Crippen molar-refractivity contribution in [3.8, 4) is 0 Å². The highest BCUT2D eigenvalue weighted by molar-refractivity contribution is 5.97. The van der Waals surface area contributed by atoms with Crippen LogP contribution < -0.4 is 5.32 Å². The molecule has 0 radical (unpaired) electrons. The molecule has 0 saturated heterocycles. The van der Waals surface area contributed by atoms with Gasteiger partial charge in [-0.1, -0.05) is 42.0 Å². The fourth-order valence-electron chi connectivity index (χ4n) is 2.18. The van der Waals surface area contributed by atoms with Crippen LogP contribution >= 0.6 is 0 Å². The average Bonchev–Trinajstić information content (AvgIpc) is 2.60. The van der Waals surface area contributed by atoms with E-state index in [9.17, 15) is 22.8 Å². The van der Waals surface area contributed by atoms with Crippen LogP contribution in [0.4, 0.5) is 18.9 Å². The molecule has 0 spiro atoms. The topological polar surface area (TPSA) is 55.4 Å². The molecule has 1 N–H and O–H groups in total. The molecule has 4 nitrogen and oxygen atoms in total. The van der Waals surface area contributed by atoms with E-state index in [1.54, 1.807) is 0 Å². The summed E-state index contributed by atoms with van der Waals surface area (Å²) >= 11 is 0. The van der Waals surface area contributed by atoms with Crippen molar-refractivity contribution in [3.63, 3.8) is 0 Å². The minimum Gasteiger partial charge on any atom is -0.449 e. The van der Waals surface area contributed by atoms with Crippen LogP contribution in [0.15, 0.2) is 54.6 Å². The summed E-state index contributed by atoms with van der Waals surface area (Å²) in [4.78, 5) is 23.9. The smallest absolute Gasteiger partial charge is 0.418 e. The highest BCUT2D eigenvalue weighted by atomic mass is 19.4. The summed E-state index contributed by atoms with van der Waals surface area (Å²) in [5, 5.41) is 2.14. The molecule has 0 aliphatic carbocycles. The summed E-state index contributed by atoms with van der Waals surface area (Å²) in [6.07, 6.45) is -3.20. The fourth-order valence-corrected chi connectivity index (χ4v) is 2.18. The van der Waals surface area contributed by atoms with Crippen LogP contribution in [0, 0.1) is 6.92 Å². The van der Waals surface area contributed by atoms with Gasteiger partial charge in [0.05, 0.1) is 11.3 Å². The second-order valence-electron chi connectivity index (χ2n) is 5.86. The van der Waals surface area contributed by atoms with Gasteiger partial charge in [0, 0.05) is 6.08 Å². The average molecular weight is 377 g/mol. The zero-order chi connectivity index (χ0) is 20.0. The van der Waals surface area contributed by atoms with Gasteiger partial charge in [-0.25, -0.2) is 4.79 Å². The number of carbonyl (C=O) groups excluding carboxylic acids is 2. The van der Waals surface area contributed by atoms with Gasteiger partial charge in [-0.15, -0.1) is 0 Å². The number of carbonyl (C=O) groups is 2. The van der Waals surface area contributed by atoms with Crippen LogP contribution in [0.5, 0.6) is 0 Å². The van der Waals surface area contributed by atoms with E-state index < -0.39 is 35.4 Å². The number of nitrogens with one attached hydrogen (secondary N) is 1. The molecule has 2 aromatic rings. The molecule has 7 heteroatoms. The maximum absolute atomic E-state index is 13.0. The molecular formula is C20H18F3NO3. The highest BCUT2D eigenvalue weighted by Gasteiger charge is 2.34. The first-order valence-corrected chi connectivity index (χ1v) is 8.09. The van der Waals surface area contributed by atoms with Crippen molar-refractivity contribution in [2.24, 2.45) is 0 Å². The summed E-state index contributed by atoms with van der Waals surface area (Å²) in [5.41, 5.74) is 0.470. The number of amides is 1. The Bertz CT molecular complexity index is 842. The Balaban J connectivity index is 1.98. The van der Waals surface area contributed by atoms with Gasteiger partial charge in [0.25, 0.3) is 5.91 Å². The molecule has 142 valence electrons. The van der Waals surface area contributed by atoms with Crippen molar-refractivity contribution in [1.82, 2.24) is 0 Å². The van der Waals surface area contributed by atoms with Crippen LogP contribution in [0.3, 0.4) is 0 Å². The number of rotatable bonds is 5. The van der Waals surface area contributed by atoms with Crippen LogP contribution in [0.25, 0.3) is 6.08 Å². The third-order valence-corrected chi connectivity index (χ3v) is 3.64. The Morgan fingerprint density at radius 3 is 2.33 bits per heavy atom. The Morgan fingerprint density at radius 2 is 1.70 bits per heavy atom. The number of alkyl halides is 3. The first-order valence-electron chi connectivity index (χ1n) is 8.09. The van der Waals surface area contributed by atoms with E-state index in [1.807, 2.05) is 31.2 Å². The molecule has 0 aliphatic heterocycles. The summed E-state index contributed by atoms with van der Waals surface area (Å²) < 4.78 is 43.8. The van der Waals surface area contributed by atoms with Gasteiger partial charge in [-0.2, -0.15) is 13.2 Å². The van der Waals surface area contributed by atoms with Crippen molar-refractivity contribution in [3.05, 3.63) is 71.3 Å². The zero-order valence-corrected chi connectivity index (χ0v) is 14.7. The van der Waals surface area contributed by atoms with Gasteiger partial charge < -0.3 is 10.1 Å². The lowest BCUT2D eigenvalue weighted by Gasteiger charge is -2.16. The second-order valence-corrected chi connectivity index (χ2v) is 5.86. The van der Waals surface area contributed by atoms with Gasteiger partial charge in [0.15, 0.2) is 6.10 Å². The largest absolute Gasteiger partial charge is 0.449 e. The Hall–Kier alpha value is -3.09. The Labute approximate surface area is 154 Å². The molecule has 27 heavy (non-hydrogen) atoms. The lowest BCUT2D eigenvalue weighted by molar-refractivity contribution is -0.148. The summed E-state index contributed by atoms with van der Waals surface area (Å²) in [7, 11) is 0. The third kappa shape index (κ3) is 5.99. The zero-order valence-electron chi connectivity index (χ0n) is 14.7.